The van der Waals surface area contributed by atoms with Crippen LogP contribution in [0.15, 0.2) is 24.3 Å². The van der Waals surface area contributed by atoms with E-state index in [2.05, 4.69) is 19.1 Å². The average Bonchev–Trinajstić information content (AvgIpc) is 2.47. The van der Waals surface area contributed by atoms with Crippen LogP contribution in [0, 0.1) is 6.92 Å². The van der Waals surface area contributed by atoms with Gasteiger partial charge in [0.25, 0.3) is 0 Å². The topological polar surface area (TPSA) is 29.5 Å². The SMILES string of the molecule is Cc1ccc(OCCCCCCCCCCCO)cc1. The summed E-state index contributed by atoms with van der Waals surface area (Å²) in [6.45, 7) is 3.27. The first-order valence-corrected chi connectivity index (χ1v) is 8.13. The summed E-state index contributed by atoms with van der Waals surface area (Å²) in [5.41, 5.74) is 1.27. The first-order valence-electron chi connectivity index (χ1n) is 8.13. The van der Waals surface area contributed by atoms with Gasteiger partial charge in [-0.2, -0.15) is 0 Å². The Kier molecular flexibility index (Phi) is 10.0. The van der Waals surface area contributed by atoms with Crippen LogP contribution < -0.4 is 4.74 Å². The van der Waals surface area contributed by atoms with Crippen molar-refractivity contribution in [1.29, 1.82) is 0 Å². The van der Waals surface area contributed by atoms with Crippen LogP contribution in [0.25, 0.3) is 0 Å². The van der Waals surface area contributed by atoms with Gasteiger partial charge in [0, 0.05) is 6.61 Å². The van der Waals surface area contributed by atoms with Crippen molar-refractivity contribution in [1.82, 2.24) is 0 Å². The third-order valence-corrected chi connectivity index (χ3v) is 3.59. The Hall–Kier alpha value is -1.02. The van der Waals surface area contributed by atoms with Crippen molar-refractivity contribution < 1.29 is 9.84 Å². The molecule has 0 fully saturated rings. The maximum absolute atomic E-state index is 8.67. The van der Waals surface area contributed by atoms with Gasteiger partial charge in [0.15, 0.2) is 0 Å². The molecule has 1 aromatic rings. The standard InChI is InChI=1S/C18H30O2/c1-17-11-13-18(14-12-17)20-16-10-8-6-4-2-3-5-7-9-15-19/h11-14,19H,2-10,15-16H2,1H3. The lowest BCUT2D eigenvalue weighted by Gasteiger charge is -2.06. The van der Waals surface area contributed by atoms with Gasteiger partial charge < -0.3 is 9.84 Å². The number of aliphatic hydroxyl groups excluding tert-OH is 1. The van der Waals surface area contributed by atoms with Crippen LogP contribution in [0.5, 0.6) is 5.75 Å². The van der Waals surface area contributed by atoms with E-state index < -0.39 is 0 Å². The van der Waals surface area contributed by atoms with Gasteiger partial charge in [-0.15, -0.1) is 0 Å². The Morgan fingerprint density at radius 2 is 1.25 bits per heavy atom. The molecule has 0 aliphatic rings. The molecule has 0 saturated heterocycles. The molecule has 1 rings (SSSR count). The van der Waals surface area contributed by atoms with E-state index in [1.807, 2.05) is 12.1 Å². The van der Waals surface area contributed by atoms with E-state index in [0.29, 0.717) is 6.61 Å². The molecule has 2 nitrogen and oxygen atoms in total. The molecular formula is C18H30O2. The molecule has 0 atom stereocenters. The maximum Gasteiger partial charge on any atom is 0.119 e. The Bertz CT molecular complexity index is 319. The number of hydrogen-bond donors (Lipinski definition) is 1. The second-order valence-electron chi connectivity index (χ2n) is 5.57. The van der Waals surface area contributed by atoms with Crippen molar-refractivity contribution in [2.75, 3.05) is 13.2 Å². The fraction of sp³-hybridized carbons (Fsp3) is 0.667. The quantitative estimate of drug-likeness (QED) is 0.552. The molecule has 20 heavy (non-hydrogen) atoms. The summed E-state index contributed by atoms with van der Waals surface area (Å²) >= 11 is 0. The number of ether oxygens (including phenoxy) is 1. The predicted octanol–water partition coefficient (Wildman–Crippen LogP) is 4.88. The van der Waals surface area contributed by atoms with E-state index in [4.69, 9.17) is 9.84 Å². The van der Waals surface area contributed by atoms with E-state index in [1.54, 1.807) is 0 Å². The van der Waals surface area contributed by atoms with Crippen LogP contribution in [0.4, 0.5) is 0 Å². The van der Waals surface area contributed by atoms with Gasteiger partial charge in [0.2, 0.25) is 0 Å². The Balaban J connectivity index is 1.84. The van der Waals surface area contributed by atoms with Crippen LogP contribution in [0.1, 0.15) is 63.4 Å². The van der Waals surface area contributed by atoms with Crippen LogP contribution in [-0.4, -0.2) is 18.3 Å². The Morgan fingerprint density at radius 1 is 0.750 bits per heavy atom. The van der Waals surface area contributed by atoms with Crippen molar-refractivity contribution in [2.24, 2.45) is 0 Å². The zero-order valence-corrected chi connectivity index (χ0v) is 12.9. The first-order chi connectivity index (χ1) is 9.83. The zero-order valence-electron chi connectivity index (χ0n) is 12.9. The lowest BCUT2D eigenvalue weighted by molar-refractivity contribution is 0.282. The van der Waals surface area contributed by atoms with E-state index in [0.717, 1.165) is 25.2 Å². The highest BCUT2D eigenvalue weighted by Crippen LogP contribution is 2.13. The second-order valence-corrected chi connectivity index (χ2v) is 5.57. The van der Waals surface area contributed by atoms with Gasteiger partial charge in [0.1, 0.15) is 5.75 Å². The summed E-state index contributed by atoms with van der Waals surface area (Å²) in [7, 11) is 0. The van der Waals surface area contributed by atoms with E-state index in [-0.39, 0.29) is 0 Å². The number of rotatable bonds is 12. The summed E-state index contributed by atoms with van der Waals surface area (Å²) in [5.74, 6) is 0.986. The van der Waals surface area contributed by atoms with E-state index in [9.17, 15) is 0 Å². The highest BCUT2D eigenvalue weighted by atomic mass is 16.5. The molecule has 0 radical (unpaired) electrons. The second kappa shape index (κ2) is 11.8. The Morgan fingerprint density at radius 3 is 1.80 bits per heavy atom. The van der Waals surface area contributed by atoms with Crippen molar-refractivity contribution in [2.45, 2.75) is 64.7 Å². The molecular weight excluding hydrogens is 248 g/mol. The highest BCUT2D eigenvalue weighted by molar-refractivity contribution is 5.26. The summed E-state index contributed by atoms with van der Waals surface area (Å²) in [5, 5.41) is 8.67. The summed E-state index contributed by atoms with van der Waals surface area (Å²) < 4.78 is 5.71. The number of aliphatic hydroxyl groups is 1. The van der Waals surface area contributed by atoms with Crippen molar-refractivity contribution in [3.8, 4) is 5.75 Å². The number of unbranched alkanes of at least 4 members (excludes halogenated alkanes) is 8. The van der Waals surface area contributed by atoms with Crippen LogP contribution in [-0.2, 0) is 0 Å². The third kappa shape index (κ3) is 8.98. The van der Waals surface area contributed by atoms with Gasteiger partial charge in [-0.25, -0.2) is 0 Å². The molecule has 0 saturated carbocycles. The van der Waals surface area contributed by atoms with Gasteiger partial charge in [-0.05, 0) is 31.9 Å². The largest absolute Gasteiger partial charge is 0.494 e. The van der Waals surface area contributed by atoms with Gasteiger partial charge in [0.05, 0.1) is 6.61 Å². The van der Waals surface area contributed by atoms with E-state index >= 15 is 0 Å². The molecule has 0 aliphatic heterocycles. The fourth-order valence-electron chi connectivity index (χ4n) is 2.28. The smallest absolute Gasteiger partial charge is 0.119 e. The summed E-state index contributed by atoms with van der Waals surface area (Å²) in [6, 6.07) is 8.27. The highest BCUT2D eigenvalue weighted by Gasteiger charge is 1.95. The minimum atomic E-state index is 0.348. The molecule has 1 aromatic carbocycles. The summed E-state index contributed by atoms with van der Waals surface area (Å²) in [4.78, 5) is 0. The molecule has 114 valence electrons. The number of aryl methyl sites for hydroxylation is 1. The van der Waals surface area contributed by atoms with Crippen LogP contribution in [0.2, 0.25) is 0 Å². The van der Waals surface area contributed by atoms with Crippen molar-refractivity contribution in [3.05, 3.63) is 29.8 Å². The third-order valence-electron chi connectivity index (χ3n) is 3.59. The lowest BCUT2D eigenvalue weighted by Crippen LogP contribution is -1.97. The predicted molar refractivity (Wildman–Crippen MR) is 85.3 cm³/mol. The fourth-order valence-corrected chi connectivity index (χ4v) is 2.28. The molecule has 1 N–H and O–H groups in total. The molecule has 0 aromatic heterocycles. The minimum Gasteiger partial charge on any atom is -0.494 e. The van der Waals surface area contributed by atoms with Crippen molar-refractivity contribution in [3.63, 3.8) is 0 Å². The van der Waals surface area contributed by atoms with Gasteiger partial charge in [-0.3, -0.25) is 0 Å². The molecule has 0 bridgehead atoms. The minimum absolute atomic E-state index is 0.348. The molecule has 0 heterocycles. The first kappa shape index (κ1) is 17.0. The van der Waals surface area contributed by atoms with Crippen LogP contribution in [0.3, 0.4) is 0 Å². The molecule has 0 amide bonds. The normalized spacial score (nSPS) is 10.7. The maximum atomic E-state index is 8.67. The average molecular weight is 278 g/mol. The lowest BCUT2D eigenvalue weighted by atomic mass is 10.1. The number of hydrogen-bond acceptors (Lipinski definition) is 2. The summed E-state index contributed by atoms with van der Waals surface area (Å²) in [6.07, 6.45) is 11.2. The molecule has 0 spiro atoms. The van der Waals surface area contributed by atoms with Gasteiger partial charge in [-0.1, -0.05) is 62.6 Å². The molecule has 0 unspecified atom stereocenters. The molecule has 0 aliphatic carbocycles. The van der Waals surface area contributed by atoms with Crippen LogP contribution >= 0.6 is 0 Å². The number of benzene rings is 1. The zero-order chi connectivity index (χ0) is 14.5. The van der Waals surface area contributed by atoms with Gasteiger partial charge >= 0.3 is 0 Å². The van der Waals surface area contributed by atoms with Crippen molar-refractivity contribution >= 4 is 0 Å². The van der Waals surface area contributed by atoms with E-state index in [1.165, 1.54) is 50.5 Å². The monoisotopic (exact) mass is 278 g/mol. The Labute approximate surface area is 124 Å². The molecule has 2 heteroatoms.